The summed E-state index contributed by atoms with van der Waals surface area (Å²) in [6.45, 7) is 4.09. The summed E-state index contributed by atoms with van der Waals surface area (Å²) in [7, 11) is 4.08. The SMILES string of the molecule is Cc1occc1C(=O)N(CCC(=O)NCC[NH+](C)C)Cc1ccccc1. The first-order chi connectivity index (χ1) is 12.5. The number of carbonyl (C=O) groups excluding carboxylic acids is 2. The van der Waals surface area contributed by atoms with Crippen LogP contribution in [0, 0.1) is 6.92 Å². The number of aryl methyl sites for hydroxylation is 1. The van der Waals surface area contributed by atoms with Gasteiger partial charge in [-0.3, -0.25) is 9.59 Å². The average Bonchev–Trinajstić information content (AvgIpc) is 3.04. The smallest absolute Gasteiger partial charge is 0.257 e. The molecule has 2 N–H and O–H groups in total. The van der Waals surface area contributed by atoms with Gasteiger partial charge >= 0.3 is 0 Å². The van der Waals surface area contributed by atoms with Crippen LogP contribution in [0.2, 0.25) is 0 Å². The molecule has 1 aromatic carbocycles. The van der Waals surface area contributed by atoms with Crippen LogP contribution in [0.1, 0.15) is 28.1 Å². The molecule has 2 rings (SSSR count). The molecule has 2 amide bonds. The van der Waals surface area contributed by atoms with E-state index in [9.17, 15) is 9.59 Å². The molecule has 0 saturated carbocycles. The lowest BCUT2D eigenvalue weighted by molar-refractivity contribution is -0.856. The number of hydrogen-bond acceptors (Lipinski definition) is 3. The van der Waals surface area contributed by atoms with Gasteiger partial charge in [-0.25, -0.2) is 0 Å². The van der Waals surface area contributed by atoms with Crippen LogP contribution >= 0.6 is 0 Å². The van der Waals surface area contributed by atoms with E-state index in [4.69, 9.17) is 4.42 Å². The molecule has 6 heteroatoms. The first-order valence-electron chi connectivity index (χ1n) is 8.90. The molecule has 2 aromatic rings. The molecule has 0 aliphatic heterocycles. The Morgan fingerprint density at radius 2 is 1.88 bits per heavy atom. The van der Waals surface area contributed by atoms with Crippen molar-refractivity contribution in [2.45, 2.75) is 19.9 Å². The second-order valence-electron chi connectivity index (χ2n) is 6.66. The van der Waals surface area contributed by atoms with Crippen LogP contribution in [0.4, 0.5) is 0 Å². The van der Waals surface area contributed by atoms with E-state index in [0.29, 0.717) is 31.0 Å². The molecule has 0 atom stereocenters. The van der Waals surface area contributed by atoms with Crippen LogP contribution in [0.5, 0.6) is 0 Å². The van der Waals surface area contributed by atoms with Crippen LogP contribution in [-0.4, -0.2) is 50.4 Å². The van der Waals surface area contributed by atoms with Crippen molar-refractivity contribution in [2.75, 3.05) is 33.7 Å². The van der Waals surface area contributed by atoms with Gasteiger partial charge in [0, 0.05) is 19.5 Å². The predicted octanol–water partition coefficient (Wildman–Crippen LogP) is 0.881. The van der Waals surface area contributed by atoms with Crippen molar-refractivity contribution < 1.29 is 18.9 Å². The van der Waals surface area contributed by atoms with E-state index in [1.807, 2.05) is 44.4 Å². The van der Waals surface area contributed by atoms with E-state index in [-0.39, 0.29) is 18.2 Å². The Kier molecular flexibility index (Phi) is 7.41. The summed E-state index contributed by atoms with van der Waals surface area (Å²) in [6, 6.07) is 11.4. The number of likely N-dealkylation sites (N-methyl/N-ethyl adjacent to an activating group) is 1. The van der Waals surface area contributed by atoms with Gasteiger partial charge in [-0.05, 0) is 18.6 Å². The first kappa shape index (κ1) is 19.7. The fraction of sp³-hybridized carbons (Fsp3) is 0.400. The van der Waals surface area contributed by atoms with Crippen molar-refractivity contribution in [3.8, 4) is 0 Å². The summed E-state index contributed by atoms with van der Waals surface area (Å²) < 4.78 is 5.26. The molecule has 1 heterocycles. The highest BCUT2D eigenvalue weighted by molar-refractivity contribution is 5.95. The van der Waals surface area contributed by atoms with Gasteiger partial charge in [0.25, 0.3) is 5.91 Å². The summed E-state index contributed by atoms with van der Waals surface area (Å²) in [6.07, 6.45) is 1.79. The van der Waals surface area contributed by atoms with Crippen molar-refractivity contribution >= 4 is 11.8 Å². The molecule has 0 bridgehead atoms. The normalized spacial score (nSPS) is 10.8. The quantitative estimate of drug-likeness (QED) is 0.699. The van der Waals surface area contributed by atoms with Crippen molar-refractivity contribution in [3.05, 3.63) is 59.5 Å². The first-order valence-corrected chi connectivity index (χ1v) is 8.90. The minimum atomic E-state index is -0.120. The molecule has 26 heavy (non-hydrogen) atoms. The van der Waals surface area contributed by atoms with Gasteiger partial charge in [-0.1, -0.05) is 30.3 Å². The topological polar surface area (TPSA) is 67.0 Å². The average molecular weight is 358 g/mol. The Balaban J connectivity index is 2.00. The molecule has 0 radical (unpaired) electrons. The molecule has 0 unspecified atom stereocenters. The zero-order chi connectivity index (χ0) is 18.9. The maximum absolute atomic E-state index is 12.9. The van der Waals surface area contributed by atoms with Gasteiger partial charge in [-0.2, -0.15) is 0 Å². The minimum Gasteiger partial charge on any atom is -0.469 e. The van der Waals surface area contributed by atoms with Crippen LogP contribution in [-0.2, 0) is 11.3 Å². The third-order valence-electron chi connectivity index (χ3n) is 4.15. The van der Waals surface area contributed by atoms with E-state index in [2.05, 4.69) is 5.32 Å². The number of hydrogen-bond donors (Lipinski definition) is 2. The molecule has 140 valence electrons. The third-order valence-corrected chi connectivity index (χ3v) is 4.15. The Hall–Kier alpha value is -2.60. The zero-order valence-electron chi connectivity index (χ0n) is 15.7. The molecule has 1 aromatic heterocycles. The van der Waals surface area contributed by atoms with E-state index in [1.165, 1.54) is 11.2 Å². The molecule has 0 aliphatic rings. The Morgan fingerprint density at radius 3 is 2.50 bits per heavy atom. The second kappa shape index (κ2) is 9.77. The van der Waals surface area contributed by atoms with Gasteiger partial charge in [0.05, 0.1) is 39.0 Å². The standard InChI is InChI=1S/C20H27N3O3/c1-16-18(10-14-26-16)20(25)23(15-17-7-5-4-6-8-17)12-9-19(24)21-11-13-22(2)3/h4-8,10,14H,9,11-13,15H2,1-3H3,(H,21,24)/p+1. The van der Waals surface area contributed by atoms with Gasteiger partial charge in [-0.15, -0.1) is 0 Å². The van der Waals surface area contributed by atoms with E-state index >= 15 is 0 Å². The lowest BCUT2D eigenvalue weighted by Gasteiger charge is -2.22. The summed E-state index contributed by atoms with van der Waals surface area (Å²) in [4.78, 5) is 27.9. The highest BCUT2D eigenvalue weighted by Crippen LogP contribution is 2.15. The lowest BCUT2D eigenvalue weighted by Crippen LogP contribution is -3.06. The number of nitrogens with one attached hydrogen (secondary N) is 2. The molecular formula is C20H28N3O3+. The Morgan fingerprint density at radius 1 is 1.15 bits per heavy atom. The number of nitrogens with zero attached hydrogens (tertiary/aromatic N) is 1. The number of amides is 2. The molecule has 0 spiro atoms. The van der Waals surface area contributed by atoms with Gasteiger partial charge in [0.2, 0.25) is 5.91 Å². The number of quaternary nitrogens is 1. The monoisotopic (exact) mass is 358 g/mol. The summed E-state index contributed by atoms with van der Waals surface area (Å²) in [5.74, 6) is 0.429. The van der Waals surface area contributed by atoms with E-state index in [1.54, 1.807) is 17.9 Å². The van der Waals surface area contributed by atoms with Crippen LogP contribution < -0.4 is 10.2 Å². The Bertz CT molecular complexity index is 710. The van der Waals surface area contributed by atoms with Crippen molar-refractivity contribution in [3.63, 3.8) is 0 Å². The second-order valence-corrected chi connectivity index (χ2v) is 6.66. The number of benzene rings is 1. The third kappa shape index (κ3) is 6.04. The molecule has 0 aliphatic carbocycles. The largest absolute Gasteiger partial charge is 0.469 e. The highest BCUT2D eigenvalue weighted by atomic mass is 16.3. The highest BCUT2D eigenvalue weighted by Gasteiger charge is 2.20. The summed E-state index contributed by atoms with van der Waals surface area (Å²) >= 11 is 0. The van der Waals surface area contributed by atoms with Crippen molar-refractivity contribution in [1.82, 2.24) is 10.2 Å². The van der Waals surface area contributed by atoms with Crippen LogP contribution in [0.15, 0.2) is 47.1 Å². The van der Waals surface area contributed by atoms with Crippen LogP contribution in [0.3, 0.4) is 0 Å². The fourth-order valence-corrected chi connectivity index (χ4v) is 2.61. The molecule has 6 nitrogen and oxygen atoms in total. The van der Waals surface area contributed by atoms with Gasteiger partial charge in [0.15, 0.2) is 0 Å². The Labute approximate surface area is 154 Å². The van der Waals surface area contributed by atoms with E-state index < -0.39 is 0 Å². The summed E-state index contributed by atoms with van der Waals surface area (Å²) in [5, 5.41) is 2.90. The van der Waals surface area contributed by atoms with Crippen molar-refractivity contribution in [2.24, 2.45) is 0 Å². The number of rotatable bonds is 9. The maximum atomic E-state index is 12.9. The zero-order valence-corrected chi connectivity index (χ0v) is 15.7. The molecule has 0 saturated heterocycles. The summed E-state index contributed by atoms with van der Waals surface area (Å²) in [5.41, 5.74) is 1.57. The molecular weight excluding hydrogens is 330 g/mol. The lowest BCUT2D eigenvalue weighted by atomic mass is 10.1. The maximum Gasteiger partial charge on any atom is 0.257 e. The number of carbonyl (C=O) groups is 2. The minimum absolute atomic E-state index is 0.0407. The van der Waals surface area contributed by atoms with Crippen LogP contribution in [0.25, 0.3) is 0 Å². The van der Waals surface area contributed by atoms with Gasteiger partial charge < -0.3 is 19.5 Å². The van der Waals surface area contributed by atoms with E-state index in [0.717, 1.165) is 12.1 Å². The fourth-order valence-electron chi connectivity index (χ4n) is 2.61. The number of furan rings is 1. The van der Waals surface area contributed by atoms with Crippen molar-refractivity contribution in [1.29, 1.82) is 0 Å². The predicted molar refractivity (Wildman–Crippen MR) is 99.9 cm³/mol. The molecule has 0 fully saturated rings. The van der Waals surface area contributed by atoms with Gasteiger partial charge in [0.1, 0.15) is 5.76 Å².